The highest BCUT2D eigenvalue weighted by Gasteiger charge is 2.53. The highest BCUT2D eigenvalue weighted by molar-refractivity contribution is 7.90. The van der Waals surface area contributed by atoms with Crippen molar-refractivity contribution in [1.82, 2.24) is 19.9 Å². The molecule has 0 radical (unpaired) electrons. The number of fused-ring (bicyclic) bond motifs is 1. The Morgan fingerprint density at radius 3 is 2.49 bits per heavy atom. The second kappa shape index (κ2) is 11.9. The predicted molar refractivity (Wildman–Crippen MR) is 178 cm³/mol. The Kier molecular flexibility index (Phi) is 8.23. The van der Waals surface area contributed by atoms with Crippen molar-refractivity contribution in [2.75, 3.05) is 53.9 Å². The van der Waals surface area contributed by atoms with E-state index in [-0.39, 0.29) is 41.3 Å². The van der Waals surface area contributed by atoms with Gasteiger partial charge >= 0.3 is 0 Å². The molecule has 11 nitrogen and oxygen atoms in total. The summed E-state index contributed by atoms with van der Waals surface area (Å²) in [6, 6.07) is 8.02. The van der Waals surface area contributed by atoms with E-state index in [0.717, 1.165) is 54.4 Å². The van der Waals surface area contributed by atoms with Crippen LogP contribution in [0.15, 0.2) is 49.3 Å². The number of benzene rings is 1. The van der Waals surface area contributed by atoms with Gasteiger partial charge in [-0.1, -0.05) is 12.6 Å². The Labute approximate surface area is 265 Å². The van der Waals surface area contributed by atoms with Gasteiger partial charge in [-0.3, -0.25) is 4.79 Å². The van der Waals surface area contributed by atoms with Crippen molar-refractivity contribution in [1.29, 1.82) is 0 Å². The van der Waals surface area contributed by atoms with Gasteiger partial charge in [-0.2, -0.15) is 4.98 Å². The lowest BCUT2D eigenvalue weighted by atomic mass is 9.71. The molecule has 3 aromatic rings. The number of carbonyl (C=O) groups is 1. The Morgan fingerprint density at radius 2 is 1.87 bits per heavy atom. The summed E-state index contributed by atoms with van der Waals surface area (Å²) in [6.07, 6.45) is 9.30. The molecule has 3 atom stereocenters. The number of carbonyl (C=O) groups excluding carboxylic acids is 1. The SMILES string of the molecule is C=CC(=O)N1CC[C@H]1c1ccc(N2[C@H](C)[C@@H](CS(C)(=O)=O)C2(C)C)c2cnc(Nc3ccnc(N4CCC(OC)CC4)n3)cc12. The van der Waals surface area contributed by atoms with Crippen LogP contribution in [0.1, 0.15) is 51.6 Å². The number of amides is 1. The van der Waals surface area contributed by atoms with Crippen molar-refractivity contribution in [3.63, 3.8) is 0 Å². The second-order valence-electron chi connectivity index (χ2n) is 13.1. The van der Waals surface area contributed by atoms with E-state index in [9.17, 15) is 13.2 Å². The molecule has 3 saturated heterocycles. The molecule has 240 valence electrons. The van der Waals surface area contributed by atoms with Crippen molar-refractivity contribution in [3.8, 4) is 0 Å². The molecule has 5 heterocycles. The molecule has 1 amide bonds. The summed E-state index contributed by atoms with van der Waals surface area (Å²) < 4.78 is 30.0. The zero-order valence-corrected chi connectivity index (χ0v) is 27.5. The van der Waals surface area contributed by atoms with Gasteiger partial charge < -0.3 is 24.8 Å². The molecule has 0 bridgehead atoms. The predicted octanol–water partition coefficient (Wildman–Crippen LogP) is 4.49. The standard InChI is InChI=1S/C33H43N7O4S/c1-7-31(41)39-17-13-27(39)23-8-9-28(40-21(2)26(33(40,3)4)20-45(6,42)43)25-19-35-30(18-24(23)25)36-29-10-14-34-32(37-29)38-15-11-22(44-5)12-16-38/h7-10,14,18-19,21-22,26-27H,1,11-13,15-17,20H2,2-6H3,(H,34,35,36,37)/t21-,26-,27+/m1/s1. The van der Waals surface area contributed by atoms with Crippen molar-refractivity contribution in [2.24, 2.45) is 5.92 Å². The van der Waals surface area contributed by atoms with Gasteiger partial charge in [-0.25, -0.2) is 18.4 Å². The van der Waals surface area contributed by atoms with Gasteiger partial charge in [0, 0.05) is 74.0 Å². The highest BCUT2D eigenvalue weighted by Crippen LogP contribution is 2.49. The first kappa shape index (κ1) is 31.2. The van der Waals surface area contributed by atoms with Crippen molar-refractivity contribution < 1.29 is 17.9 Å². The Bertz CT molecular complexity index is 1720. The number of nitrogens with one attached hydrogen (secondary N) is 1. The number of hydrogen-bond acceptors (Lipinski definition) is 10. The molecule has 3 fully saturated rings. The van der Waals surface area contributed by atoms with Gasteiger partial charge in [-0.15, -0.1) is 0 Å². The molecule has 12 heteroatoms. The minimum absolute atomic E-state index is 0.00397. The molecule has 3 aliphatic heterocycles. The third-order valence-electron chi connectivity index (χ3n) is 9.96. The molecule has 1 aromatic carbocycles. The zero-order chi connectivity index (χ0) is 32.1. The molecule has 3 aliphatic rings. The maximum Gasteiger partial charge on any atom is 0.246 e. The van der Waals surface area contributed by atoms with Gasteiger partial charge in [0.05, 0.1) is 17.9 Å². The molecule has 0 saturated carbocycles. The number of likely N-dealkylation sites (tertiary alicyclic amines) is 1. The van der Waals surface area contributed by atoms with Gasteiger partial charge in [0.2, 0.25) is 11.9 Å². The van der Waals surface area contributed by atoms with Crippen LogP contribution in [0.5, 0.6) is 0 Å². The first-order valence-electron chi connectivity index (χ1n) is 15.6. The van der Waals surface area contributed by atoms with Crippen LogP contribution < -0.4 is 15.1 Å². The molecular weight excluding hydrogens is 590 g/mol. The monoisotopic (exact) mass is 633 g/mol. The Balaban J connectivity index is 1.35. The van der Waals surface area contributed by atoms with Crippen LogP contribution in [-0.4, -0.2) is 90.6 Å². The van der Waals surface area contributed by atoms with Gasteiger partial charge in [-0.05, 0) is 75.3 Å². The smallest absolute Gasteiger partial charge is 0.246 e. The van der Waals surface area contributed by atoms with Crippen LogP contribution in [0.25, 0.3) is 10.8 Å². The molecule has 45 heavy (non-hydrogen) atoms. The first-order chi connectivity index (χ1) is 21.4. The van der Waals surface area contributed by atoms with Crippen LogP contribution in [0.4, 0.5) is 23.3 Å². The molecular formula is C33H43N7O4S. The molecule has 2 aromatic heterocycles. The summed E-state index contributed by atoms with van der Waals surface area (Å²) in [7, 11) is -1.37. The average Bonchev–Trinajstić information content (AvgIpc) is 3.00. The molecule has 0 spiro atoms. The summed E-state index contributed by atoms with van der Waals surface area (Å²) in [4.78, 5) is 33.1. The number of ether oxygens (including phenoxy) is 1. The fraction of sp³-hybridized carbons (Fsp3) is 0.515. The van der Waals surface area contributed by atoms with Crippen molar-refractivity contribution >= 4 is 49.8 Å². The van der Waals surface area contributed by atoms with E-state index in [4.69, 9.17) is 14.7 Å². The number of nitrogens with zero attached hydrogens (tertiary/aromatic N) is 6. The topological polar surface area (TPSA) is 121 Å². The van der Waals surface area contributed by atoms with E-state index in [2.05, 4.69) is 59.6 Å². The summed E-state index contributed by atoms with van der Waals surface area (Å²) >= 11 is 0. The van der Waals surface area contributed by atoms with Crippen molar-refractivity contribution in [2.45, 2.75) is 63.8 Å². The van der Waals surface area contributed by atoms with E-state index >= 15 is 0 Å². The Morgan fingerprint density at radius 1 is 1.11 bits per heavy atom. The normalized spacial score (nSPS) is 23.4. The molecule has 6 rings (SSSR count). The maximum atomic E-state index is 12.6. The van der Waals surface area contributed by atoms with Gasteiger partial charge in [0.1, 0.15) is 21.5 Å². The summed E-state index contributed by atoms with van der Waals surface area (Å²) in [5.74, 6) is 2.01. The van der Waals surface area contributed by atoms with E-state index in [1.54, 1.807) is 13.3 Å². The average molecular weight is 634 g/mol. The quantitative estimate of drug-likeness (QED) is 0.338. The number of anilines is 4. The number of piperidine rings is 1. The molecule has 0 aliphatic carbocycles. The molecule has 1 N–H and O–H groups in total. The Hall–Kier alpha value is -3.77. The fourth-order valence-corrected chi connectivity index (χ4v) is 8.83. The van der Waals surface area contributed by atoms with Crippen LogP contribution in [-0.2, 0) is 19.4 Å². The minimum atomic E-state index is -3.13. The largest absolute Gasteiger partial charge is 0.381 e. The number of aromatic nitrogens is 3. The lowest BCUT2D eigenvalue weighted by molar-refractivity contribution is -0.133. The maximum absolute atomic E-state index is 12.6. The third kappa shape index (κ3) is 5.85. The minimum Gasteiger partial charge on any atom is -0.381 e. The number of rotatable bonds is 9. The van der Waals surface area contributed by atoms with E-state index < -0.39 is 9.84 Å². The second-order valence-corrected chi connectivity index (χ2v) is 15.3. The zero-order valence-electron chi connectivity index (χ0n) is 26.7. The number of pyridine rings is 1. The van der Waals surface area contributed by atoms with E-state index in [1.807, 2.05) is 23.2 Å². The number of methoxy groups -OCH3 is 1. The summed E-state index contributed by atoms with van der Waals surface area (Å²) in [6.45, 7) is 12.3. The summed E-state index contributed by atoms with van der Waals surface area (Å²) in [5, 5.41) is 5.33. The highest BCUT2D eigenvalue weighted by atomic mass is 32.2. The van der Waals surface area contributed by atoms with Crippen LogP contribution in [0, 0.1) is 5.92 Å². The van der Waals surface area contributed by atoms with Crippen LogP contribution in [0.3, 0.4) is 0 Å². The van der Waals surface area contributed by atoms with Crippen molar-refractivity contribution in [3.05, 3.63) is 54.9 Å². The van der Waals surface area contributed by atoms with E-state index in [1.165, 1.54) is 12.3 Å². The van der Waals surface area contributed by atoms with Gasteiger partial charge in [0.15, 0.2) is 0 Å². The first-order valence-corrected chi connectivity index (χ1v) is 17.7. The summed E-state index contributed by atoms with van der Waals surface area (Å²) in [5.41, 5.74) is 1.67. The van der Waals surface area contributed by atoms with Crippen LogP contribution >= 0.6 is 0 Å². The van der Waals surface area contributed by atoms with Crippen LogP contribution in [0.2, 0.25) is 0 Å². The van der Waals surface area contributed by atoms with E-state index in [0.29, 0.717) is 24.1 Å². The number of hydrogen-bond donors (Lipinski definition) is 1. The fourth-order valence-electron chi connectivity index (χ4n) is 7.49. The lowest BCUT2D eigenvalue weighted by Gasteiger charge is -2.62. The third-order valence-corrected chi connectivity index (χ3v) is 10.9. The molecule has 0 unspecified atom stereocenters. The lowest BCUT2D eigenvalue weighted by Crippen LogP contribution is -2.71. The number of sulfone groups is 1. The van der Waals surface area contributed by atoms with Gasteiger partial charge in [0.25, 0.3) is 0 Å².